The smallest absolute Gasteiger partial charge is 0.231 e. The van der Waals surface area contributed by atoms with Crippen molar-refractivity contribution in [3.63, 3.8) is 0 Å². The molecule has 1 aliphatic heterocycles. The van der Waals surface area contributed by atoms with Gasteiger partial charge in [-0.2, -0.15) is 0 Å². The summed E-state index contributed by atoms with van der Waals surface area (Å²) >= 11 is 0. The Bertz CT molecular complexity index is 2030. The first-order valence-corrected chi connectivity index (χ1v) is 13.8. The molecule has 1 aromatic heterocycles. The van der Waals surface area contributed by atoms with E-state index in [1.807, 2.05) is 24.4 Å². The van der Waals surface area contributed by atoms with Crippen LogP contribution in [-0.2, 0) is 0 Å². The molecule has 41 heavy (non-hydrogen) atoms. The Kier molecular flexibility index (Phi) is 5.53. The van der Waals surface area contributed by atoms with Gasteiger partial charge in [0, 0.05) is 33.5 Å². The molecule has 0 atom stereocenters. The maximum Gasteiger partial charge on any atom is 0.231 e. The van der Waals surface area contributed by atoms with Gasteiger partial charge >= 0.3 is 0 Å². The van der Waals surface area contributed by atoms with Gasteiger partial charge < -0.3 is 9.47 Å². The monoisotopic (exact) mass is 527 g/mol. The predicted molar refractivity (Wildman–Crippen MR) is 167 cm³/mol. The van der Waals surface area contributed by atoms with E-state index in [9.17, 15) is 0 Å². The molecule has 0 amide bonds. The summed E-state index contributed by atoms with van der Waals surface area (Å²) in [5, 5.41) is 3.25. The van der Waals surface area contributed by atoms with Gasteiger partial charge in [0.2, 0.25) is 6.79 Å². The number of para-hydroxylation sites is 1. The molecule has 3 heteroatoms. The largest absolute Gasteiger partial charge is 0.453 e. The zero-order chi connectivity index (χ0) is 27.2. The highest BCUT2D eigenvalue weighted by molar-refractivity contribution is 6.20. The second-order valence-corrected chi connectivity index (χ2v) is 10.3. The van der Waals surface area contributed by atoms with Crippen molar-refractivity contribution >= 4 is 21.7 Å². The first kappa shape index (κ1) is 23.5. The summed E-state index contributed by atoms with van der Waals surface area (Å²) in [7, 11) is 0. The van der Waals surface area contributed by atoms with Crippen molar-refractivity contribution in [3.05, 3.63) is 140 Å². The van der Waals surface area contributed by atoms with Crippen molar-refractivity contribution in [3.8, 4) is 56.0 Å². The fourth-order valence-electron chi connectivity index (χ4n) is 5.97. The number of fused-ring (bicyclic) bond motifs is 4. The second-order valence-electron chi connectivity index (χ2n) is 10.3. The lowest BCUT2D eigenvalue weighted by atomic mass is 9.88. The summed E-state index contributed by atoms with van der Waals surface area (Å²) in [6, 6.07) is 46.6. The highest BCUT2D eigenvalue weighted by atomic mass is 16.7. The van der Waals surface area contributed by atoms with E-state index in [1.165, 1.54) is 22.3 Å². The number of hydrogen-bond acceptors (Lipinski definition) is 3. The standard InChI is InChI=1S/C38H25NO2/c1-3-9-25(10-4-1)27-15-19-29(20-16-27)34-32-23-39-33-14-8-7-13-31(33)36(32)35(38-37(34)40-24-41-38)30-21-17-28(18-22-30)26-11-5-2-6-12-26/h1-23H,24H2. The molecular formula is C38H25NO2. The van der Waals surface area contributed by atoms with Gasteiger partial charge in [0.05, 0.1) is 5.52 Å². The molecule has 0 fully saturated rings. The number of rotatable bonds is 4. The first-order valence-electron chi connectivity index (χ1n) is 13.8. The molecule has 0 saturated carbocycles. The van der Waals surface area contributed by atoms with Crippen LogP contribution in [0.3, 0.4) is 0 Å². The molecule has 1 aliphatic rings. The van der Waals surface area contributed by atoms with Gasteiger partial charge in [-0.25, -0.2) is 0 Å². The molecule has 3 nitrogen and oxygen atoms in total. The highest BCUT2D eigenvalue weighted by Crippen LogP contribution is 2.54. The summed E-state index contributed by atoms with van der Waals surface area (Å²) in [5.74, 6) is 1.55. The summed E-state index contributed by atoms with van der Waals surface area (Å²) in [5.41, 5.74) is 9.88. The molecule has 0 saturated heterocycles. The van der Waals surface area contributed by atoms with Gasteiger partial charge in [0.25, 0.3) is 0 Å². The van der Waals surface area contributed by atoms with Crippen LogP contribution in [0, 0.1) is 0 Å². The van der Waals surface area contributed by atoms with Crippen molar-refractivity contribution in [2.24, 2.45) is 0 Å². The Hall–Kier alpha value is -5.41. The quantitative estimate of drug-likeness (QED) is 0.214. The van der Waals surface area contributed by atoms with Gasteiger partial charge in [-0.3, -0.25) is 4.98 Å². The third kappa shape index (κ3) is 3.94. The van der Waals surface area contributed by atoms with Crippen molar-refractivity contribution in [1.82, 2.24) is 4.98 Å². The van der Waals surface area contributed by atoms with Crippen LogP contribution in [0.25, 0.3) is 66.2 Å². The van der Waals surface area contributed by atoms with Crippen molar-refractivity contribution in [1.29, 1.82) is 0 Å². The number of hydrogen-bond donors (Lipinski definition) is 0. The summed E-state index contributed by atoms with van der Waals surface area (Å²) in [6.07, 6.45) is 1.99. The van der Waals surface area contributed by atoms with Crippen molar-refractivity contribution < 1.29 is 9.47 Å². The molecule has 8 rings (SSSR count). The molecule has 0 bridgehead atoms. The minimum atomic E-state index is 0.182. The Morgan fingerprint density at radius 1 is 0.415 bits per heavy atom. The first-order chi connectivity index (χ1) is 20.3. The lowest BCUT2D eigenvalue weighted by Gasteiger charge is -2.18. The van der Waals surface area contributed by atoms with Crippen LogP contribution >= 0.6 is 0 Å². The van der Waals surface area contributed by atoms with Crippen LogP contribution in [0.4, 0.5) is 0 Å². The SMILES string of the molecule is c1ccc(-c2ccc(-c3c4c(c(-c5ccc(-c6ccccc6)cc5)c5c3cnc3ccccc35)OCO4)cc2)cc1. The van der Waals surface area contributed by atoms with Crippen LogP contribution < -0.4 is 9.47 Å². The lowest BCUT2D eigenvalue weighted by molar-refractivity contribution is 0.174. The van der Waals surface area contributed by atoms with E-state index < -0.39 is 0 Å². The zero-order valence-electron chi connectivity index (χ0n) is 22.2. The van der Waals surface area contributed by atoms with Crippen LogP contribution in [0.1, 0.15) is 0 Å². The van der Waals surface area contributed by atoms with E-state index >= 15 is 0 Å². The number of nitrogens with zero attached hydrogens (tertiary/aromatic N) is 1. The average Bonchev–Trinajstić information content (AvgIpc) is 3.54. The third-order valence-corrected chi connectivity index (χ3v) is 7.92. The zero-order valence-corrected chi connectivity index (χ0v) is 22.2. The van der Waals surface area contributed by atoms with Crippen LogP contribution in [0.2, 0.25) is 0 Å². The third-order valence-electron chi connectivity index (χ3n) is 7.92. The van der Waals surface area contributed by atoms with Gasteiger partial charge in [0.1, 0.15) is 0 Å². The van der Waals surface area contributed by atoms with E-state index in [2.05, 4.69) is 115 Å². The van der Waals surface area contributed by atoms with Crippen LogP contribution in [0.5, 0.6) is 11.5 Å². The number of benzene rings is 6. The van der Waals surface area contributed by atoms with E-state index in [0.29, 0.717) is 0 Å². The van der Waals surface area contributed by atoms with E-state index in [0.717, 1.165) is 55.4 Å². The minimum absolute atomic E-state index is 0.182. The topological polar surface area (TPSA) is 31.4 Å². The maximum atomic E-state index is 6.27. The molecule has 0 N–H and O–H groups in total. The fourth-order valence-corrected chi connectivity index (χ4v) is 5.97. The van der Waals surface area contributed by atoms with Gasteiger partial charge in [-0.15, -0.1) is 0 Å². The molecule has 0 unspecified atom stereocenters. The normalized spacial score (nSPS) is 12.2. The van der Waals surface area contributed by atoms with Crippen molar-refractivity contribution in [2.75, 3.05) is 6.79 Å². The van der Waals surface area contributed by atoms with E-state index in [-0.39, 0.29) is 6.79 Å². The Morgan fingerprint density at radius 3 is 1.49 bits per heavy atom. The van der Waals surface area contributed by atoms with Gasteiger partial charge in [-0.1, -0.05) is 127 Å². The minimum Gasteiger partial charge on any atom is -0.453 e. The summed E-state index contributed by atoms with van der Waals surface area (Å²) in [4.78, 5) is 4.88. The average molecular weight is 528 g/mol. The number of pyridine rings is 1. The molecule has 194 valence electrons. The maximum absolute atomic E-state index is 6.27. The van der Waals surface area contributed by atoms with Gasteiger partial charge in [-0.05, 0) is 39.4 Å². The Morgan fingerprint density at radius 2 is 0.878 bits per heavy atom. The van der Waals surface area contributed by atoms with E-state index in [4.69, 9.17) is 14.5 Å². The number of aromatic nitrogens is 1. The molecule has 0 radical (unpaired) electrons. The van der Waals surface area contributed by atoms with Gasteiger partial charge in [0.15, 0.2) is 11.5 Å². The molecule has 7 aromatic rings. The summed E-state index contributed by atoms with van der Waals surface area (Å²) in [6.45, 7) is 0.182. The fraction of sp³-hybridized carbons (Fsp3) is 0.0263. The Labute approximate surface area is 238 Å². The van der Waals surface area contributed by atoms with Crippen LogP contribution in [0.15, 0.2) is 140 Å². The molecular weight excluding hydrogens is 502 g/mol. The molecule has 0 spiro atoms. The van der Waals surface area contributed by atoms with Crippen molar-refractivity contribution in [2.45, 2.75) is 0 Å². The lowest BCUT2D eigenvalue weighted by Crippen LogP contribution is -1.94. The van der Waals surface area contributed by atoms with Crippen LogP contribution in [-0.4, -0.2) is 11.8 Å². The molecule has 2 heterocycles. The van der Waals surface area contributed by atoms with E-state index in [1.54, 1.807) is 0 Å². The number of ether oxygens (including phenoxy) is 2. The molecule has 6 aromatic carbocycles. The highest BCUT2D eigenvalue weighted by Gasteiger charge is 2.29. The Balaban J connectivity index is 1.37. The summed E-state index contributed by atoms with van der Waals surface area (Å²) < 4.78 is 12.5. The molecule has 0 aliphatic carbocycles. The predicted octanol–water partition coefficient (Wildman–Crippen LogP) is 9.78. The second kappa shape index (κ2) is 9.65.